The predicted molar refractivity (Wildman–Crippen MR) is 169 cm³/mol. The number of carbonyl (C=O) groups is 2. The number of aliphatic carboxylic acids is 1. The number of rotatable bonds is 4. The van der Waals surface area contributed by atoms with Gasteiger partial charge in [-0.2, -0.15) is 0 Å². The minimum atomic E-state index is -0.851. The number of aromatic amines is 2. The van der Waals surface area contributed by atoms with Crippen LogP contribution in [-0.4, -0.2) is 43.5 Å². The van der Waals surface area contributed by atoms with Crippen molar-refractivity contribution in [3.05, 3.63) is 95.1 Å². The molecule has 9 nitrogen and oxygen atoms in total. The molecule has 238 valence electrons. The second kappa shape index (κ2) is 13.9. The molecule has 6 rings (SSSR count). The van der Waals surface area contributed by atoms with E-state index in [1.54, 1.807) is 6.20 Å². The highest BCUT2D eigenvalue weighted by Crippen LogP contribution is 2.37. The summed E-state index contributed by atoms with van der Waals surface area (Å²) in [6.07, 6.45) is 8.35. The SMILES string of the molecule is O=C(O)CCc1cccc(C2CCCCCCNC(=O)CCc3c(c(F)cc4[nH]cnc34)Oc3ccc(F)c(c3)-c3ncc2[nH]3)c1. The van der Waals surface area contributed by atoms with Crippen molar-refractivity contribution in [3.8, 4) is 22.9 Å². The zero-order chi connectivity index (χ0) is 32.0. The average Bonchev–Trinajstić information content (AvgIpc) is 3.72. The van der Waals surface area contributed by atoms with Crippen molar-refractivity contribution in [1.29, 1.82) is 0 Å². The summed E-state index contributed by atoms with van der Waals surface area (Å²) in [5.41, 5.74) is 4.34. The van der Waals surface area contributed by atoms with Gasteiger partial charge in [0.05, 0.1) is 22.9 Å². The number of aromatic nitrogens is 4. The van der Waals surface area contributed by atoms with E-state index in [-0.39, 0.29) is 48.2 Å². The van der Waals surface area contributed by atoms with E-state index in [1.807, 2.05) is 24.3 Å². The van der Waals surface area contributed by atoms with Crippen molar-refractivity contribution >= 4 is 22.9 Å². The number of nitrogens with one attached hydrogen (secondary N) is 3. The Hall–Kier alpha value is -5.06. The molecule has 2 aromatic heterocycles. The number of hydrogen-bond acceptors (Lipinski definition) is 5. The number of amides is 1. The predicted octanol–water partition coefficient (Wildman–Crippen LogP) is 7.19. The number of imidazole rings is 2. The lowest BCUT2D eigenvalue weighted by atomic mass is 9.89. The lowest BCUT2D eigenvalue weighted by Crippen LogP contribution is -2.24. The normalized spacial score (nSPS) is 16.3. The molecule has 1 amide bonds. The van der Waals surface area contributed by atoms with Crippen molar-refractivity contribution in [2.45, 2.75) is 63.7 Å². The molecule has 1 aliphatic heterocycles. The highest BCUT2D eigenvalue weighted by Gasteiger charge is 2.22. The second-order valence-electron chi connectivity index (χ2n) is 11.6. The number of hydrogen-bond donors (Lipinski definition) is 4. The largest absolute Gasteiger partial charge is 0.481 e. The molecule has 4 N–H and O–H groups in total. The molecule has 0 aliphatic carbocycles. The first-order valence-electron chi connectivity index (χ1n) is 15.6. The number of nitrogens with zero attached hydrogens (tertiary/aromatic N) is 2. The van der Waals surface area contributed by atoms with Crippen LogP contribution >= 0.6 is 0 Å². The van der Waals surface area contributed by atoms with Gasteiger partial charge in [0.25, 0.3) is 0 Å². The second-order valence-corrected chi connectivity index (χ2v) is 11.6. The van der Waals surface area contributed by atoms with Crippen molar-refractivity contribution in [3.63, 3.8) is 0 Å². The van der Waals surface area contributed by atoms with Crippen LogP contribution in [0.2, 0.25) is 0 Å². The first-order chi connectivity index (χ1) is 22.4. The Balaban J connectivity index is 1.37. The van der Waals surface area contributed by atoms with Gasteiger partial charge in [-0.3, -0.25) is 9.59 Å². The smallest absolute Gasteiger partial charge is 0.303 e. The Kier molecular flexibility index (Phi) is 9.37. The number of aryl methyl sites for hydroxylation is 2. The number of benzene rings is 3. The quantitative estimate of drug-likeness (QED) is 0.167. The third-order valence-corrected chi connectivity index (χ3v) is 8.43. The van der Waals surface area contributed by atoms with Gasteiger partial charge in [-0.25, -0.2) is 18.7 Å². The van der Waals surface area contributed by atoms with E-state index in [2.05, 4.69) is 25.3 Å². The summed E-state index contributed by atoms with van der Waals surface area (Å²) in [4.78, 5) is 39.0. The van der Waals surface area contributed by atoms with Gasteiger partial charge < -0.3 is 25.1 Å². The Morgan fingerprint density at radius 1 is 1.00 bits per heavy atom. The zero-order valence-corrected chi connectivity index (χ0v) is 25.2. The van der Waals surface area contributed by atoms with E-state index >= 15 is 8.78 Å². The summed E-state index contributed by atoms with van der Waals surface area (Å²) in [6, 6.07) is 13.3. The molecule has 11 heteroatoms. The molecule has 46 heavy (non-hydrogen) atoms. The van der Waals surface area contributed by atoms with E-state index in [9.17, 15) is 9.59 Å². The fraction of sp³-hybridized carbons (Fsp3) is 0.314. The van der Waals surface area contributed by atoms with Crippen molar-refractivity contribution < 1.29 is 28.2 Å². The lowest BCUT2D eigenvalue weighted by Gasteiger charge is -2.17. The number of fused-ring (bicyclic) bond motifs is 8. The summed E-state index contributed by atoms with van der Waals surface area (Å²) < 4.78 is 36.8. The van der Waals surface area contributed by atoms with Gasteiger partial charge in [-0.1, -0.05) is 43.5 Å². The van der Waals surface area contributed by atoms with Crippen LogP contribution in [0.4, 0.5) is 8.78 Å². The molecule has 0 saturated carbocycles. The van der Waals surface area contributed by atoms with Crippen LogP contribution in [0.5, 0.6) is 11.5 Å². The van der Waals surface area contributed by atoms with E-state index in [4.69, 9.17) is 9.84 Å². The summed E-state index contributed by atoms with van der Waals surface area (Å²) in [5.74, 6) is -1.80. The van der Waals surface area contributed by atoms with Crippen molar-refractivity contribution in [2.24, 2.45) is 0 Å². The number of H-pyrrole nitrogens is 2. The van der Waals surface area contributed by atoms with Gasteiger partial charge in [0.15, 0.2) is 11.6 Å². The Morgan fingerprint density at radius 2 is 1.87 bits per heavy atom. The Bertz CT molecular complexity index is 1870. The summed E-state index contributed by atoms with van der Waals surface area (Å²) in [7, 11) is 0. The van der Waals surface area contributed by atoms with Crippen LogP contribution < -0.4 is 10.1 Å². The fourth-order valence-electron chi connectivity index (χ4n) is 6.06. The number of halogens is 2. The van der Waals surface area contributed by atoms with Crippen molar-refractivity contribution in [1.82, 2.24) is 25.3 Å². The highest BCUT2D eigenvalue weighted by molar-refractivity contribution is 5.83. The molecule has 1 atom stereocenters. The van der Waals surface area contributed by atoms with E-state index in [0.717, 1.165) is 48.9 Å². The maximum atomic E-state index is 15.4. The highest BCUT2D eigenvalue weighted by atomic mass is 19.1. The molecule has 1 unspecified atom stereocenters. The maximum Gasteiger partial charge on any atom is 0.303 e. The first-order valence-corrected chi connectivity index (χ1v) is 15.6. The summed E-state index contributed by atoms with van der Waals surface area (Å²) in [5, 5.41) is 12.1. The number of ether oxygens (including phenoxy) is 1. The molecule has 3 aromatic carbocycles. The first kappa shape index (κ1) is 30.9. The van der Waals surface area contributed by atoms with Gasteiger partial charge in [0.1, 0.15) is 17.4 Å². The van der Waals surface area contributed by atoms with Gasteiger partial charge in [0, 0.05) is 48.8 Å². The van der Waals surface area contributed by atoms with Crippen LogP contribution in [0.25, 0.3) is 22.4 Å². The Labute approximate surface area is 264 Å². The molecule has 1 aliphatic rings. The van der Waals surface area contributed by atoms with Gasteiger partial charge >= 0.3 is 5.97 Å². The van der Waals surface area contributed by atoms with Crippen molar-refractivity contribution in [2.75, 3.05) is 6.54 Å². The van der Waals surface area contributed by atoms with Gasteiger partial charge in [-0.05, 0) is 55.0 Å². The maximum absolute atomic E-state index is 15.4. The topological polar surface area (TPSA) is 133 Å². The Morgan fingerprint density at radius 3 is 2.74 bits per heavy atom. The molecule has 0 saturated heterocycles. The van der Waals surface area contributed by atoms with Crippen LogP contribution in [0.3, 0.4) is 0 Å². The lowest BCUT2D eigenvalue weighted by molar-refractivity contribution is -0.137. The molecule has 3 heterocycles. The van der Waals surface area contributed by atoms with E-state index in [1.165, 1.54) is 30.6 Å². The minimum absolute atomic E-state index is 0.0392. The molecule has 0 spiro atoms. The van der Waals surface area contributed by atoms with E-state index < -0.39 is 17.6 Å². The van der Waals surface area contributed by atoms with E-state index in [0.29, 0.717) is 35.4 Å². The van der Waals surface area contributed by atoms with Crippen LogP contribution in [0.15, 0.2) is 61.1 Å². The molecule has 0 fully saturated rings. The molecule has 0 radical (unpaired) electrons. The summed E-state index contributed by atoms with van der Waals surface area (Å²) >= 11 is 0. The molecule has 4 bridgehead atoms. The fourth-order valence-corrected chi connectivity index (χ4v) is 6.06. The number of carboxylic acid groups (broad SMARTS) is 1. The zero-order valence-electron chi connectivity index (χ0n) is 25.2. The summed E-state index contributed by atoms with van der Waals surface area (Å²) in [6.45, 7) is 0.542. The molecule has 5 aromatic rings. The third kappa shape index (κ3) is 7.09. The number of carbonyl (C=O) groups excluding carboxylic acids is 1. The average molecular weight is 628 g/mol. The standard InChI is InChI=1S/C35H35F2N5O4/c36-27-12-10-23-17-26(27)35-39-19-30(42-35)24(22-7-5-6-21(16-22)9-14-32(44)45)8-3-1-2-4-15-38-31(43)13-11-25-33-29(40-20-41-33)18-28(37)34(25)46-23/h5-7,10,12,16-20,24H,1-4,8-9,11,13-15H2,(H,38,43)(H,39,42)(H,40,41)(H,44,45). The van der Waals surface area contributed by atoms with Gasteiger partial charge in [-0.15, -0.1) is 0 Å². The minimum Gasteiger partial charge on any atom is -0.481 e. The van der Waals surface area contributed by atoms with Crippen LogP contribution in [-0.2, 0) is 22.4 Å². The third-order valence-electron chi connectivity index (χ3n) is 8.43. The monoisotopic (exact) mass is 627 g/mol. The molecular weight excluding hydrogens is 592 g/mol. The van der Waals surface area contributed by atoms with Gasteiger partial charge in [0.2, 0.25) is 5.91 Å². The molecular formula is C35H35F2N5O4. The number of carboxylic acids is 1. The van der Waals surface area contributed by atoms with Crippen LogP contribution in [0.1, 0.15) is 73.2 Å². The van der Waals surface area contributed by atoms with Crippen LogP contribution in [0, 0.1) is 11.6 Å².